The number of tetrazole rings is 1. The van der Waals surface area contributed by atoms with E-state index >= 15 is 0 Å². The Bertz CT molecular complexity index is 1380. The van der Waals surface area contributed by atoms with Gasteiger partial charge in [0.15, 0.2) is 5.82 Å². The van der Waals surface area contributed by atoms with E-state index in [9.17, 15) is 9.59 Å². The number of methoxy groups -OCH3 is 1. The van der Waals surface area contributed by atoms with E-state index in [2.05, 4.69) is 20.5 Å². The zero-order chi connectivity index (χ0) is 24.8. The minimum absolute atomic E-state index is 0.0888. The summed E-state index contributed by atoms with van der Waals surface area (Å²) in [6, 6.07) is 15.5. The number of ether oxygens (including phenoxy) is 2. The zero-order valence-corrected chi connectivity index (χ0v) is 20.0. The molecule has 0 aliphatic rings. The number of pyridine rings is 1. The Morgan fingerprint density at radius 2 is 1.89 bits per heavy atom. The smallest absolute Gasteiger partial charge is 0.327 e. The van der Waals surface area contributed by atoms with E-state index in [4.69, 9.17) is 9.47 Å². The van der Waals surface area contributed by atoms with E-state index in [1.165, 1.54) is 4.68 Å². The summed E-state index contributed by atoms with van der Waals surface area (Å²) in [4.78, 5) is 29.9. The number of aromatic nitrogens is 5. The molecule has 2 aromatic carbocycles. The van der Waals surface area contributed by atoms with Gasteiger partial charge < -0.3 is 14.5 Å². The Hall–Kier alpha value is -4.05. The first-order valence-electron chi connectivity index (χ1n) is 11.3. The second-order valence-corrected chi connectivity index (χ2v) is 8.23. The van der Waals surface area contributed by atoms with Crippen LogP contribution in [0.1, 0.15) is 29.4 Å². The lowest BCUT2D eigenvalue weighted by Gasteiger charge is -2.23. The van der Waals surface area contributed by atoms with Gasteiger partial charge in [-0.3, -0.25) is 14.5 Å². The number of aromatic amines is 1. The normalized spacial score (nSPS) is 11.2. The second-order valence-electron chi connectivity index (χ2n) is 8.23. The van der Waals surface area contributed by atoms with Crippen molar-refractivity contribution in [2.45, 2.75) is 40.0 Å². The van der Waals surface area contributed by atoms with E-state index < -0.39 is 5.97 Å². The van der Waals surface area contributed by atoms with Crippen LogP contribution in [0.4, 0.5) is 0 Å². The van der Waals surface area contributed by atoms with E-state index in [1.807, 2.05) is 60.4 Å². The van der Waals surface area contributed by atoms with Gasteiger partial charge in [0.05, 0.1) is 20.3 Å². The molecule has 0 fully saturated rings. The lowest BCUT2D eigenvalue weighted by molar-refractivity contribution is -0.144. The average Bonchev–Trinajstić information content (AvgIpc) is 3.26. The molecule has 0 amide bonds. The van der Waals surface area contributed by atoms with Crippen LogP contribution < -0.4 is 10.3 Å². The molecule has 1 N–H and O–H groups in total. The number of hydrogen-bond donors (Lipinski definition) is 1. The number of nitrogens with one attached hydrogen (secondary N) is 1. The first-order valence-corrected chi connectivity index (χ1v) is 11.3. The molecule has 0 aliphatic carbocycles. The lowest BCUT2D eigenvalue weighted by Crippen LogP contribution is -2.28. The van der Waals surface area contributed by atoms with Crippen LogP contribution in [0.25, 0.3) is 10.9 Å². The first-order chi connectivity index (χ1) is 17.0. The fraction of sp³-hybridized carbons (Fsp3) is 0.320. The van der Waals surface area contributed by atoms with Crippen LogP contribution >= 0.6 is 0 Å². The van der Waals surface area contributed by atoms with Gasteiger partial charge in [-0.25, -0.2) is 4.68 Å². The number of esters is 1. The maximum absolute atomic E-state index is 12.9. The van der Waals surface area contributed by atoms with Gasteiger partial charge in [-0.2, -0.15) is 0 Å². The van der Waals surface area contributed by atoms with Gasteiger partial charge in [-0.1, -0.05) is 29.8 Å². The number of carbonyl (C=O) groups excluding carboxylic acids is 1. The van der Waals surface area contributed by atoms with Gasteiger partial charge in [0, 0.05) is 29.7 Å². The van der Waals surface area contributed by atoms with Gasteiger partial charge in [-0.05, 0) is 53.9 Å². The molecule has 2 aromatic heterocycles. The molecule has 4 rings (SSSR count). The summed E-state index contributed by atoms with van der Waals surface area (Å²) in [6.45, 7) is 5.06. The van der Waals surface area contributed by atoms with Crippen LogP contribution in [0.5, 0.6) is 5.75 Å². The van der Waals surface area contributed by atoms with Crippen molar-refractivity contribution in [3.05, 3.63) is 81.4 Å². The summed E-state index contributed by atoms with van der Waals surface area (Å²) in [6.07, 6.45) is 0. The van der Waals surface area contributed by atoms with Crippen LogP contribution in [0, 0.1) is 6.92 Å². The van der Waals surface area contributed by atoms with Crippen LogP contribution in [-0.2, 0) is 35.7 Å². The maximum Gasteiger partial charge on any atom is 0.327 e. The number of hydrogen-bond acceptors (Lipinski definition) is 8. The Balaban J connectivity index is 1.66. The average molecular weight is 477 g/mol. The highest BCUT2D eigenvalue weighted by molar-refractivity contribution is 5.79. The maximum atomic E-state index is 12.9. The quantitative estimate of drug-likeness (QED) is 0.347. The number of rotatable bonds is 10. The lowest BCUT2D eigenvalue weighted by atomic mass is 10.1. The first kappa shape index (κ1) is 24.1. The van der Waals surface area contributed by atoms with Crippen molar-refractivity contribution in [1.82, 2.24) is 30.1 Å². The van der Waals surface area contributed by atoms with Crippen molar-refractivity contribution in [3.8, 4) is 5.75 Å². The number of para-hydroxylation sites is 1. The molecule has 0 radical (unpaired) electrons. The number of aryl methyl sites for hydroxylation is 1. The Kier molecular flexibility index (Phi) is 7.51. The van der Waals surface area contributed by atoms with Gasteiger partial charge in [0.2, 0.25) is 0 Å². The van der Waals surface area contributed by atoms with Crippen molar-refractivity contribution in [1.29, 1.82) is 0 Å². The molecule has 10 nitrogen and oxygen atoms in total. The molecule has 0 bridgehead atoms. The van der Waals surface area contributed by atoms with E-state index in [-0.39, 0.29) is 18.7 Å². The van der Waals surface area contributed by atoms with Crippen molar-refractivity contribution < 1.29 is 14.3 Å². The van der Waals surface area contributed by atoms with Crippen molar-refractivity contribution >= 4 is 16.9 Å². The molecule has 0 spiro atoms. The fourth-order valence-corrected chi connectivity index (χ4v) is 3.96. The number of H-pyrrole nitrogens is 1. The third-order valence-corrected chi connectivity index (χ3v) is 5.61. The van der Waals surface area contributed by atoms with Gasteiger partial charge in [-0.15, -0.1) is 5.10 Å². The molecule has 2 heterocycles. The molecule has 0 saturated carbocycles. The van der Waals surface area contributed by atoms with E-state index in [1.54, 1.807) is 14.0 Å². The summed E-state index contributed by atoms with van der Waals surface area (Å²) in [5.74, 6) is 0.811. The van der Waals surface area contributed by atoms with E-state index in [0.717, 1.165) is 27.8 Å². The molecule has 4 aromatic rings. The summed E-state index contributed by atoms with van der Waals surface area (Å²) in [5, 5.41) is 12.8. The van der Waals surface area contributed by atoms with Gasteiger partial charge >= 0.3 is 5.97 Å². The minimum Gasteiger partial charge on any atom is -0.496 e. The topological polar surface area (TPSA) is 115 Å². The molecule has 0 unspecified atom stereocenters. The molecule has 35 heavy (non-hydrogen) atoms. The molecule has 0 atom stereocenters. The number of nitrogens with zero attached hydrogens (tertiary/aromatic N) is 5. The predicted octanol–water partition coefficient (Wildman–Crippen LogP) is 2.60. The molecule has 0 aliphatic heterocycles. The highest BCUT2D eigenvalue weighted by Gasteiger charge is 2.18. The van der Waals surface area contributed by atoms with Crippen molar-refractivity contribution in [2.24, 2.45) is 0 Å². The molecule has 10 heteroatoms. The molecule has 182 valence electrons. The number of fused-ring (bicyclic) bond motifs is 1. The highest BCUT2D eigenvalue weighted by Crippen LogP contribution is 2.22. The fourth-order valence-electron chi connectivity index (χ4n) is 3.96. The van der Waals surface area contributed by atoms with E-state index in [0.29, 0.717) is 31.0 Å². The molecular formula is C25H28N6O4. The summed E-state index contributed by atoms with van der Waals surface area (Å²) in [7, 11) is 1.62. The highest BCUT2D eigenvalue weighted by atomic mass is 16.5. The predicted molar refractivity (Wildman–Crippen MR) is 130 cm³/mol. The van der Waals surface area contributed by atoms with Crippen molar-refractivity contribution in [3.63, 3.8) is 0 Å². The monoisotopic (exact) mass is 476 g/mol. The number of benzene rings is 2. The largest absolute Gasteiger partial charge is 0.496 e. The van der Waals surface area contributed by atoms with Crippen LogP contribution in [0.3, 0.4) is 0 Å². The SMILES string of the molecule is CCOC(=O)Cn1nnnc1CN(Cc1ccccc1OC)Cc1cc2cc(C)ccc2[nH]c1=O. The summed E-state index contributed by atoms with van der Waals surface area (Å²) < 4.78 is 12.0. The standard InChI is InChI=1S/C25H28N6O4/c1-4-35-24(32)16-31-23(27-28-29-31)15-30(13-18-7-5-6-8-22(18)34-3)14-20-12-19-11-17(2)9-10-21(19)26-25(20)33/h5-12H,4,13-16H2,1-3H3,(H,26,33). The van der Waals surface area contributed by atoms with Gasteiger partial charge in [0.1, 0.15) is 12.3 Å². The summed E-state index contributed by atoms with van der Waals surface area (Å²) >= 11 is 0. The third kappa shape index (κ3) is 5.90. The summed E-state index contributed by atoms with van der Waals surface area (Å²) in [5.41, 5.74) is 3.31. The van der Waals surface area contributed by atoms with Crippen LogP contribution in [-0.4, -0.2) is 49.8 Å². The van der Waals surface area contributed by atoms with Gasteiger partial charge in [0.25, 0.3) is 5.56 Å². The third-order valence-electron chi connectivity index (χ3n) is 5.61. The Morgan fingerprint density at radius 3 is 2.69 bits per heavy atom. The molecular weight excluding hydrogens is 448 g/mol. The Labute approximate surface area is 202 Å². The number of carbonyl (C=O) groups is 1. The molecule has 0 saturated heterocycles. The second kappa shape index (κ2) is 10.9. The van der Waals surface area contributed by atoms with Crippen molar-refractivity contribution in [2.75, 3.05) is 13.7 Å². The zero-order valence-electron chi connectivity index (χ0n) is 20.0. The van der Waals surface area contributed by atoms with Crippen LogP contribution in [0.2, 0.25) is 0 Å². The Morgan fingerprint density at radius 1 is 1.09 bits per heavy atom. The minimum atomic E-state index is -0.418. The van der Waals surface area contributed by atoms with Crippen LogP contribution in [0.15, 0.2) is 53.3 Å².